The molecule has 166 valence electrons. The average molecular weight is 432 g/mol. The lowest BCUT2D eigenvalue weighted by Crippen LogP contribution is -2.24. The third kappa shape index (κ3) is 7.47. The largest absolute Gasteiger partial charge is 0.493 e. The van der Waals surface area contributed by atoms with Gasteiger partial charge in [0.25, 0.3) is 5.91 Å². The molecule has 0 aliphatic carbocycles. The van der Waals surface area contributed by atoms with Gasteiger partial charge in [-0.25, -0.2) is 0 Å². The van der Waals surface area contributed by atoms with Gasteiger partial charge in [-0.05, 0) is 41.8 Å². The number of hydrogen-bond acceptors (Lipinski definition) is 4. The fourth-order valence-corrected chi connectivity index (χ4v) is 2.96. The molecule has 0 bridgehead atoms. The van der Waals surface area contributed by atoms with Gasteiger partial charge in [-0.2, -0.15) is 0 Å². The Kier molecular flexibility index (Phi) is 8.26. The first kappa shape index (κ1) is 22.9. The van der Waals surface area contributed by atoms with Crippen molar-refractivity contribution in [2.75, 3.05) is 23.8 Å². The average Bonchev–Trinajstić information content (AvgIpc) is 2.81. The molecule has 0 saturated heterocycles. The SMILES string of the molecule is CC(C)COc1cccc(NCC(=O)Nc2cccc(C(=O)NCc3ccccc3)c2)c1. The minimum Gasteiger partial charge on any atom is -0.493 e. The van der Waals surface area contributed by atoms with E-state index in [9.17, 15) is 9.59 Å². The number of hydrogen-bond donors (Lipinski definition) is 3. The van der Waals surface area contributed by atoms with Crippen LogP contribution in [0.25, 0.3) is 0 Å². The maximum absolute atomic E-state index is 12.4. The van der Waals surface area contributed by atoms with E-state index in [4.69, 9.17) is 4.74 Å². The van der Waals surface area contributed by atoms with Gasteiger partial charge in [0.15, 0.2) is 0 Å². The fraction of sp³-hybridized carbons (Fsp3) is 0.231. The molecule has 0 unspecified atom stereocenters. The van der Waals surface area contributed by atoms with E-state index in [-0.39, 0.29) is 18.4 Å². The summed E-state index contributed by atoms with van der Waals surface area (Å²) in [7, 11) is 0. The normalized spacial score (nSPS) is 10.5. The highest BCUT2D eigenvalue weighted by atomic mass is 16.5. The monoisotopic (exact) mass is 431 g/mol. The highest BCUT2D eigenvalue weighted by Gasteiger charge is 2.08. The predicted octanol–water partition coefficient (Wildman–Crippen LogP) is 4.70. The number of anilines is 2. The van der Waals surface area contributed by atoms with E-state index in [1.807, 2.05) is 54.6 Å². The predicted molar refractivity (Wildman–Crippen MR) is 128 cm³/mol. The molecule has 0 atom stereocenters. The van der Waals surface area contributed by atoms with Crippen molar-refractivity contribution in [3.63, 3.8) is 0 Å². The molecule has 0 saturated carbocycles. The van der Waals surface area contributed by atoms with E-state index in [2.05, 4.69) is 29.8 Å². The molecule has 3 rings (SSSR count). The first-order valence-corrected chi connectivity index (χ1v) is 10.7. The lowest BCUT2D eigenvalue weighted by atomic mass is 10.1. The number of carbonyl (C=O) groups excluding carboxylic acids is 2. The minimum absolute atomic E-state index is 0.0953. The summed E-state index contributed by atoms with van der Waals surface area (Å²) in [6.45, 7) is 5.36. The quantitative estimate of drug-likeness (QED) is 0.435. The molecule has 0 aliphatic heterocycles. The van der Waals surface area contributed by atoms with Crippen molar-refractivity contribution in [3.05, 3.63) is 90.0 Å². The van der Waals surface area contributed by atoms with Crippen LogP contribution in [0.3, 0.4) is 0 Å². The van der Waals surface area contributed by atoms with Crippen molar-refractivity contribution in [1.29, 1.82) is 0 Å². The Bertz CT molecular complexity index is 1040. The maximum Gasteiger partial charge on any atom is 0.251 e. The van der Waals surface area contributed by atoms with Gasteiger partial charge in [-0.1, -0.05) is 56.3 Å². The second-order valence-electron chi connectivity index (χ2n) is 7.88. The summed E-state index contributed by atoms with van der Waals surface area (Å²) in [5, 5.41) is 8.81. The Morgan fingerprint density at radius 2 is 1.62 bits per heavy atom. The highest BCUT2D eigenvalue weighted by Crippen LogP contribution is 2.18. The van der Waals surface area contributed by atoms with Crippen molar-refractivity contribution in [2.24, 2.45) is 5.92 Å². The number of ether oxygens (including phenoxy) is 1. The molecule has 3 N–H and O–H groups in total. The molecule has 0 spiro atoms. The standard InChI is InChI=1S/C26H29N3O3/c1-19(2)18-32-24-13-7-11-22(15-24)27-17-25(30)29-23-12-6-10-21(14-23)26(31)28-16-20-8-4-3-5-9-20/h3-15,19,27H,16-18H2,1-2H3,(H,28,31)(H,29,30). The van der Waals surface area contributed by atoms with E-state index in [0.29, 0.717) is 30.3 Å². The zero-order valence-electron chi connectivity index (χ0n) is 18.4. The van der Waals surface area contributed by atoms with E-state index < -0.39 is 0 Å². The van der Waals surface area contributed by atoms with Gasteiger partial charge in [0, 0.05) is 29.5 Å². The number of benzene rings is 3. The second kappa shape index (κ2) is 11.6. The topological polar surface area (TPSA) is 79.5 Å². The summed E-state index contributed by atoms with van der Waals surface area (Å²) in [5.74, 6) is 0.800. The third-order valence-electron chi connectivity index (χ3n) is 4.57. The molecule has 2 amide bonds. The molecule has 32 heavy (non-hydrogen) atoms. The van der Waals surface area contributed by atoms with Crippen LogP contribution in [0, 0.1) is 5.92 Å². The summed E-state index contributed by atoms with van der Waals surface area (Å²) in [5.41, 5.74) is 2.88. The van der Waals surface area contributed by atoms with Crippen LogP contribution in [0.15, 0.2) is 78.9 Å². The molecular formula is C26H29N3O3. The molecule has 0 fully saturated rings. The van der Waals surface area contributed by atoms with Crippen LogP contribution < -0.4 is 20.7 Å². The highest BCUT2D eigenvalue weighted by molar-refractivity contribution is 5.98. The number of nitrogens with one attached hydrogen (secondary N) is 3. The van der Waals surface area contributed by atoms with Crippen molar-refractivity contribution in [3.8, 4) is 5.75 Å². The van der Waals surface area contributed by atoms with Gasteiger partial charge in [-0.15, -0.1) is 0 Å². The van der Waals surface area contributed by atoms with Crippen LogP contribution in [-0.4, -0.2) is 25.0 Å². The van der Waals surface area contributed by atoms with Crippen LogP contribution in [0.2, 0.25) is 0 Å². The van der Waals surface area contributed by atoms with E-state index in [1.54, 1.807) is 24.3 Å². The molecule has 0 aromatic heterocycles. The zero-order chi connectivity index (χ0) is 22.8. The molecule has 0 aliphatic rings. The summed E-state index contributed by atoms with van der Waals surface area (Å²) in [6.07, 6.45) is 0. The first-order chi connectivity index (χ1) is 15.5. The van der Waals surface area contributed by atoms with Crippen molar-refractivity contribution in [1.82, 2.24) is 5.32 Å². The first-order valence-electron chi connectivity index (χ1n) is 10.7. The summed E-state index contributed by atoms with van der Waals surface area (Å²) in [6, 6.07) is 24.1. The Morgan fingerprint density at radius 3 is 2.41 bits per heavy atom. The van der Waals surface area contributed by atoms with Gasteiger partial charge in [-0.3, -0.25) is 9.59 Å². The van der Waals surface area contributed by atoms with Crippen LogP contribution in [0.5, 0.6) is 5.75 Å². The van der Waals surface area contributed by atoms with Crippen LogP contribution in [-0.2, 0) is 11.3 Å². The summed E-state index contributed by atoms with van der Waals surface area (Å²) >= 11 is 0. The summed E-state index contributed by atoms with van der Waals surface area (Å²) < 4.78 is 5.72. The second-order valence-corrected chi connectivity index (χ2v) is 7.88. The fourth-order valence-electron chi connectivity index (χ4n) is 2.96. The third-order valence-corrected chi connectivity index (χ3v) is 4.57. The lowest BCUT2D eigenvalue weighted by molar-refractivity contribution is -0.114. The zero-order valence-corrected chi connectivity index (χ0v) is 18.4. The smallest absolute Gasteiger partial charge is 0.251 e. The molecule has 3 aromatic carbocycles. The van der Waals surface area contributed by atoms with Crippen LogP contribution >= 0.6 is 0 Å². The Balaban J connectivity index is 1.50. The molecule has 3 aromatic rings. The van der Waals surface area contributed by atoms with Gasteiger partial charge in [0.05, 0.1) is 13.2 Å². The maximum atomic E-state index is 12.4. The number of carbonyl (C=O) groups is 2. The minimum atomic E-state index is -0.208. The van der Waals surface area contributed by atoms with Gasteiger partial charge >= 0.3 is 0 Å². The van der Waals surface area contributed by atoms with Crippen LogP contribution in [0.1, 0.15) is 29.8 Å². The van der Waals surface area contributed by atoms with Crippen LogP contribution in [0.4, 0.5) is 11.4 Å². The van der Waals surface area contributed by atoms with Crippen molar-refractivity contribution < 1.29 is 14.3 Å². The lowest BCUT2D eigenvalue weighted by Gasteiger charge is -2.12. The Labute approximate surface area is 189 Å². The van der Waals surface area contributed by atoms with Crippen molar-refractivity contribution >= 4 is 23.2 Å². The Hall–Kier alpha value is -3.80. The molecular weight excluding hydrogens is 402 g/mol. The molecule has 6 nitrogen and oxygen atoms in total. The van der Waals surface area contributed by atoms with Gasteiger partial charge in [0.1, 0.15) is 5.75 Å². The molecule has 0 heterocycles. The molecule has 6 heteroatoms. The Morgan fingerprint density at radius 1 is 0.875 bits per heavy atom. The summed E-state index contributed by atoms with van der Waals surface area (Å²) in [4.78, 5) is 24.8. The van der Waals surface area contributed by atoms with Gasteiger partial charge < -0.3 is 20.7 Å². The van der Waals surface area contributed by atoms with E-state index in [0.717, 1.165) is 17.0 Å². The van der Waals surface area contributed by atoms with E-state index in [1.165, 1.54) is 0 Å². The van der Waals surface area contributed by atoms with Crippen molar-refractivity contribution in [2.45, 2.75) is 20.4 Å². The number of rotatable bonds is 10. The number of amides is 2. The van der Waals surface area contributed by atoms with Gasteiger partial charge in [0.2, 0.25) is 5.91 Å². The molecule has 0 radical (unpaired) electrons. The van der Waals surface area contributed by atoms with E-state index >= 15 is 0 Å².